The number of amides is 1. The van der Waals surface area contributed by atoms with E-state index in [0.29, 0.717) is 11.8 Å². The fourth-order valence-electron chi connectivity index (χ4n) is 2.29. The van der Waals surface area contributed by atoms with Gasteiger partial charge in [0.25, 0.3) is 0 Å². The quantitative estimate of drug-likeness (QED) is 0.785. The second-order valence-corrected chi connectivity index (χ2v) is 8.11. The van der Waals surface area contributed by atoms with Gasteiger partial charge >= 0.3 is 6.09 Å². The maximum absolute atomic E-state index is 11.7. The van der Waals surface area contributed by atoms with Gasteiger partial charge in [-0.3, -0.25) is 4.21 Å². The average Bonchev–Trinajstić information content (AvgIpc) is 2.73. The first kappa shape index (κ1) is 17.4. The molecule has 3 atom stereocenters. The topological polar surface area (TPSA) is 67.4 Å². The zero-order chi connectivity index (χ0) is 15.2. The molecule has 5 nitrogen and oxygen atoms in total. The minimum absolute atomic E-state index is 0.180. The third kappa shape index (κ3) is 7.24. The SMILES string of the molecule is CCS(=O)CCNC1CCC(NC(=O)OC(C)(C)C)C1. The molecule has 1 aliphatic carbocycles. The molecule has 0 aromatic carbocycles. The fraction of sp³-hybridized carbons (Fsp3) is 0.929. The Morgan fingerprint density at radius 1 is 1.30 bits per heavy atom. The van der Waals surface area contributed by atoms with Crippen LogP contribution in [0.1, 0.15) is 47.0 Å². The first-order valence-electron chi connectivity index (χ1n) is 7.38. The van der Waals surface area contributed by atoms with Crippen LogP contribution in [0.2, 0.25) is 0 Å². The maximum atomic E-state index is 11.7. The van der Waals surface area contributed by atoms with Crippen molar-refractivity contribution in [1.82, 2.24) is 10.6 Å². The smallest absolute Gasteiger partial charge is 0.407 e. The van der Waals surface area contributed by atoms with E-state index in [1.807, 2.05) is 27.7 Å². The van der Waals surface area contributed by atoms with E-state index in [0.717, 1.165) is 31.6 Å². The highest BCUT2D eigenvalue weighted by Gasteiger charge is 2.27. The molecule has 118 valence electrons. The molecule has 1 aliphatic rings. The first-order chi connectivity index (χ1) is 9.30. The van der Waals surface area contributed by atoms with Gasteiger partial charge in [-0.1, -0.05) is 6.92 Å². The molecule has 6 heteroatoms. The Kier molecular flexibility index (Phi) is 6.95. The van der Waals surface area contributed by atoms with Crippen molar-refractivity contribution in [2.24, 2.45) is 0 Å². The molecule has 1 saturated carbocycles. The summed E-state index contributed by atoms with van der Waals surface area (Å²) in [7, 11) is -0.709. The van der Waals surface area contributed by atoms with Crippen molar-refractivity contribution in [2.75, 3.05) is 18.1 Å². The van der Waals surface area contributed by atoms with Gasteiger partial charge in [-0.2, -0.15) is 0 Å². The summed E-state index contributed by atoms with van der Waals surface area (Å²) >= 11 is 0. The van der Waals surface area contributed by atoms with Gasteiger partial charge in [-0.15, -0.1) is 0 Å². The fourth-order valence-corrected chi connectivity index (χ4v) is 2.93. The summed E-state index contributed by atoms with van der Waals surface area (Å²) in [6, 6.07) is 0.586. The van der Waals surface area contributed by atoms with E-state index >= 15 is 0 Å². The third-order valence-electron chi connectivity index (χ3n) is 3.24. The molecule has 0 heterocycles. The Labute approximate surface area is 124 Å². The Morgan fingerprint density at radius 3 is 2.55 bits per heavy atom. The molecular formula is C14H28N2O3S. The molecule has 3 unspecified atom stereocenters. The molecule has 20 heavy (non-hydrogen) atoms. The zero-order valence-corrected chi connectivity index (χ0v) is 13.8. The minimum atomic E-state index is -0.709. The van der Waals surface area contributed by atoms with Crippen molar-refractivity contribution in [3.05, 3.63) is 0 Å². The van der Waals surface area contributed by atoms with Crippen LogP contribution < -0.4 is 10.6 Å². The van der Waals surface area contributed by atoms with Gasteiger partial charge in [0.2, 0.25) is 0 Å². The maximum Gasteiger partial charge on any atom is 0.407 e. The van der Waals surface area contributed by atoms with Gasteiger partial charge in [0, 0.05) is 40.9 Å². The van der Waals surface area contributed by atoms with Crippen molar-refractivity contribution in [3.63, 3.8) is 0 Å². The summed E-state index contributed by atoms with van der Waals surface area (Å²) < 4.78 is 16.6. The van der Waals surface area contributed by atoms with Gasteiger partial charge in [-0.25, -0.2) is 4.79 Å². The van der Waals surface area contributed by atoms with Crippen LogP contribution in [0.4, 0.5) is 4.79 Å². The lowest BCUT2D eigenvalue weighted by Crippen LogP contribution is -2.39. The van der Waals surface area contributed by atoms with Crippen molar-refractivity contribution in [2.45, 2.75) is 64.6 Å². The number of nitrogens with one attached hydrogen (secondary N) is 2. The summed E-state index contributed by atoms with van der Waals surface area (Å²) in [4.78, 5) is 11.7. The lowest BCUT2D eigenvalue weighted by molar-refractivity contribution is 0.0505. The molecule has 1 amide bonds. The van der Waals surface area contributed by atoms with Crippen LogP contribution in [0.3, 0.4) is 0 Å². The van der Waals surface area contributed by atoms with Crippen molar-refractivity contribution in [3.8, 4) is 0 Å². The second-order valence-electron chi connectivity index (χ2n) is 6.24. The van der Waals surface area contributed by atoms with Crippen LogP contribution in [0, 0.1) is 0 Å². The molecule has 0 bridgehead atoms. The van der Waals surface area contributed by atoms with Crippen LogP contribution in [0.25, 0.3) is 0 Å². The molecule has 0 aromatic rings. The van der Waals surface area contributed by atoms with Gasteiger partial charge in [-0.05, 0) is 40.0 Å². The summed E-state index contributed by atoms with van der Waals surface area (Å²) in [5, 5.41) is 6.33. The molecular weight excluding hydrogens is 276 g/mol. The van der Waals surface area contributed by atoms with Crippen LogP contribution in [0.15, 0.2) is 0 Å². The molecule has 2 N–H and O–H groups in total. The van der Waals surface area contributed by atoms with E-state index in [-0.39, 0.29) is 12.1 Å². The van der Waals surface area contributed by atoms with Gasteiger partial charge in [0.05, 0.1) is 0 Å². The zero-order valence-electron chi connectivity index (χ0n) is 13.0. The molecule has 0 saturated heterocycles. The largest absolute Gasteiger partial charge is 0.444 e. The molecule has 1 rings (SSSR count). The average molecular weight is 304 g/mol. The van der Waals surface area contributed by atoms with Crippen LogP contribution >= 0.6 is 0 Å². The van der Waals surface area contributed by atoms with Crippen LogP contribution in [0.5, 0.6) is 0 Å². The standard InChI is InChI=1S/C14H28N2O3S/c1-5-20(18)9-8-15-11-6-7-12(10-11)16-13(17)19-14(2,3)4/h11-12,15H,5-10H2,1-4H3,(H,16,17). The predicted octanol–water partition coefficient (Wildman–Crippen LogP) is 1.79. The van der Waals surface area contributed by atoms with E-state index in [4.69, 9.17) is 4.74 Å². The lowest BCUT2D eigenvalue weighted by Gasteiger charge is -2.21. The van der Waals surface area contributed by atoms with Gasteiger partial charge < -0.3 is 15.4 Å². The van der Waals surface area contributed by atoms with Crippen molar-refractivity contribution in [1.29, 1.82) is 0 Å². The number of rotatable bonds is 6. The molecule has 0 spiro atoms. The third-order valence-corrected chi connectivity index (χ3v) is 4.54. The summed E-state index contributed by atoms with van der Waals surface area (Å²) in [5.74, 6) is 1.42. The predicted molar refractivity (Wildman–Crippen MR) is 82.3 cm³/mol. The number of carbonyl (C=O) groups is 1. The summed E-state index contributed by atoms with van der Waals surface area (Å²) in [5.41, 5.74) is -0.454. The van der Waals surface area contributed by atoms with Crippen LogP contribution in [-0.4, -0.2) is 46.0 Å². The monoisotopic (exact) mass is 304 g/mol. The highest BCUT2D eigenvalue weighted by atomic mass is 32.2. The van der Waals surface area contributed by atoms with E-state index in [9.17, 15) is 9.00 Å². The van der Waals surface area contributed by atoms with E-state index in [1.165, 1.54) is 0 Å². The number of ether oxygens (including phenoxy) is 1. The number of hydrogen-bond acceptors (Lipinski definition) is 4. The van der Waals surface area contributed by atoms with E-state index in [1.54, 1.807) is 0 Å². The van der Waals surface area contributed by atoms with Crippen LogP contribution in [-0.2, 0) is 15.5 Å². The van der Waals surface area contributed by atoms with E-state index in [2.05, 4.69) is 10.6 Å². The highest BCUT2D eigenvalue weighted by Crippen LogP contribution is 2.19. The van der Waals surface area contributed by atoms with Crippen molar-refractivity contribution < 1.29 is 13.7 Å². The Bertz CT molecular complexity index is 342. The number of carbonyl (C=O) groups excluding carboxylic acids is 1. The Morgan fingerprint density at radius 2 is 1.95 bits per heavy atom. The first-order valence-corrected chi connectivity index (χ1v) is 8.87. The lowest BCUT2D eigenvalue weighted by atomic mass is 10.2. The Balaban J connectivity index is 2.20. The molecule has 0 aliphatic heterocycles. The molecule has 0 aromatic heterocycles. The molecule has 1 fully saturated rings. The van der Waals surface area contributed by atoms with Crippen molar-refractivity contribution >= 4 is 16.9 Å². The number of alkyl carbamates (subject to hydrolysis) is 1. The number of hydrogen-bond donors (Lipinski definition) is 2. The summed E-state index contributed by atoms with van der Waals surface area (Å²) in [6.07, 6.45) is 2.58. The normalized spacial score (nSPS) is 24.4. The van der Waals surface area contributed by atoms with Gasteiger partial charge in [0.1, 0.15) is 5.60 Å². The Hall–Kier alpha value is -0.620. The molecule has 0 radical (unpaired) electrons. The summed E-state index contributed by atoms with van der Waals surface area (Å²) in [6.45, 7) is 8.30. The second kappa shape index (κ2) is 7.98. The minimum Gasteiger partial charge on any atom is -0.444 e. The van der Waals surface area contributed by atoms with E-state index < -0.39 is 16.4 Å². The highest BCUT2D eigenvalue weighted by molar-refractivity contribution is 7.84. The van der Waals surface area contributed by atoms with Gasteiger partial charge in [0.15, 0.2) is 0 Å².